The highest BCUT2D eigenvalue weighted by Crippen LogP contribution is 2.08. The summed E-state index contributed by atoms with van der Waals surface area (Å²) in [6.45, 7) is 6.12. The summed E-state index contributed by atoms with van der Waals surface area (Å²) in [4.78, 5) is 0. The maximum absolute atomic E-state index is 3.03. The Morgan fingerprint density at radius 1 is 1.62 bits per heavy atom. The molecule has 48 valence electrons. The highest BCUT2D eigenvalue weighted by molar-refractivity contribution is 7.97. The van der Waals surface area contributed by atoms with Gasteiger partial charge in [0, 0.05) is 12.0 Å². The minimum Gasteiger partial charge on any atom is -0.336 e. The van der Waals surface area contributed by atoms with Crippen LogP contribution in [0.4, 0.5) is 0 Å². The maximum Gasteiger partial charge on any atom is 0.0357 e. The van der Waals surface area contributed by atoms with E-state index >= 15 is 0 Å². The SMILES string of the molecule is CC.CC1=CNSC1. The topological polar surface area (TPSA) is 12.0 Å². The van der Waals surface area contributed by atoms with Gasteiger partial charge < -0.3 is 4.72 Å². The van der Waals surface area contributed by atoms with Crippen molar-refractivity contribution in [2.45, 2.75) is 20.8 Å². The molecule has 0 aliphatic carbocycles. The third kappa shape index (κ3) is 2.97. The fourth-order valence-corrected chi connectivity index (χ4v) is 1.02. The first kappa shape index (κ1) is 7.89. The van der Waals surface area contributed by atoms with Crippen molar-refractivity contribution in [3.05, 3.63) is 11.8 Å². The molecule has 0 aromatic rings. The zero-order valence-corrected chi connectivity index (χ0v) is 6.51. The summed E-state index contributed by atoms with van der Waals surface area (Å²) in [6.07, 6.45) is 2.03. The molecule has 0 unspecified atom stereocenters. The van der Waals surface area contributed by atoms with E-state index in [0.717, 1.165) is 5.75 Å². The Morgan fingerprint density at radius 3 is 2.38 bits per heavy atom. The number of nitrogens with one attached hydrogen (secondary N) is 1. The van der Waals surface area contributed by atoms with Crippen LogP contribution in [-0.4, -0.2) is 5.75 Å². The van der Waals surface area contributed by atoms with E-state index in [1.807, 2.05) is 20.0 Å². The molecule has 1 heterocycles. The lowest BCUT2D eigenvalue weighted by molar-refractivity contribution is 1.36. The van der Waals surface area contributed by atoms with Gasteiger partial charge in [-0.15, -0.1) is 0 Å². The van der Waals surface area contributed by atoms with Crippen LogP contribution >= 0.6 is 11.9 Å². The summed E-state index contributed by atoms with van der Waals surface area (Å²) in [7, 11) is 0. The predicted octanol–water partition coefficient (Wildman–Crippen LogP) is 2.17. The molecule has 0 atom stereocenters. The molecule has 0 radical (unpaired) electrons. The Kier molecular flexibility index (Phi) is 4.97. The average molecular weight is 131 g/mol. The lowest BCUT2D eigenvalue weighted by atomic mass is 10.4. The van der Waals surface area contributed by atoms with Gasteiger partial charge in [0.2, 0.25) is 0 Å². The predicted molar refractivity (Wildman–Crippen MR) is 40.7 cm³/mol. The Morgan fingerprint density at radius 2 is 2.25 bits per heavy atom. The molecular formula is C6H13NS. The average Bonchev–Trinajstić information content (AvgIpc) is 2.24. The van der Waals surface area contributed by atoms with Gasteiger partial charge in [-0.3, -0.25) is 0 Å². The summed E-state index contributed by atoms with van der Waals surface area (Å²) in [6, 6.07) is 0. The molecule has 1 aliphatic rings. The Labute approximate surface area is 55.7 Å². The molecule has 0 aromatic heterocycles. The third-order valence-corrected chi connectivity index (χ3v) is 1.57. The molecule has 0 amide bonds. The molecular weight excluding hydrogens is 118 g/mol. The van der Waals surface area contributed by atoms with Gasteiger partial charge in [0.25, 0.3) is 0 Å². The van der Waals surface area contributed by atoms with Crippen LogP contribution in [-0.2, 0) is 0 Å². The van der Waals surface area contributed by atoms with Gasteiger partial charge in [-0.05, 0) is 24.4 Å². The van der Waals surface area contributed by atoms with Crippen LogP contribution in [0.2, 0.25) is 0 Å². The quantitative estimate of drug-likeness (QED) is 0.506. The molecule has 0 saturated carbocycles. The molecule has 1 N–H and O–H groups in total. The van der Waals surface area contributed by atoms with E-state index in [9.17, 15) is 0 Å². The first-order valence-electron chi connectivity index (χ1n) is 2.92. The Hall–Kier alpha value is -0.110. The van der Waals surface area contributed by atoms with E-state index in [4.69, 9.17) is 0 Å². The van der Waals surface area contributed by atoms with Crippen molar-refractivity contribution in [1.82, 2.24) is 4.72 Å². The van der Waals surface area contributed by atoms with Crippen LogP contribution in [0.1, 0.15) is 20.8 Å². The highest BCUT2D eigenvalue weighted by Gasteiger charge is 1.94. The number of rotatable bonds is 0. The van der Waals surface area contributed by atoms with E-state index in [0.29, 0.717) is 0 Å². The van der Waals surface area contributed by atoms with Gasteiger partial charge in [-0.25, -0.2) is 0 Å². The smallest absolute Gasteiger partial charge is 0.0357 e. The molecule has 0 bridgehead atoms. The second-order valence-corrected chi connectivity index (χ2v) is 2.21. The van der Waals surface area contributed by atoms with E-state index in [2.05, 4.69) is 11.6 Å². The lowest BCUT2D eigenvalue weighted by Crippen LogP contribution is -1.78. The Balaban J connectivity index is 0.000000222. The fraction of sp³-hybridized carbons (Fsp3) is 0.667. The van der Waals surface area contributed by atoms with Crippen molar-refractivity contribution < 1.29 is 0 Å². The minimum atomic E-state index is 1.15. The van der Waals surface area contributed by atoms with Crippen molar-refractivity contribution in [3.8, 4) is 0 Å². The molecule has 0 saturated heterocycles. The van der Waals surface area contributed by atoms with Crippen LogP contribution in [0, 0.1) is 0 Å². The van der Waals surface area contributed by atoms with Gasteiger partial charge in [0.1, 0.15) is 0 Å². The van der Waals surface area contributed by atoms with Crippen molar-refractivity contribution in [2.75, 3.05) is 5.75 Å². The molecule has 8 heavy (non-hydrogen) atoms. The van der Waals surface area contributed by atoms with Crippen LogP contribution in [0.25, 0.3) is 0 Å². The Bertz CT molecular complexity index is 78.6. The largest absolute Gasteiger partial charge is 0.336 e. The third-order valence-electron chi connectivity index (χ3n) is 0.688. The van der Waals surface area contributed by atoms with Crippen molar-refractivity contribution in [2.24, 2.45) is 0 Å². The van der Waals surface area contributed by atoms with Crippen molar-refractivity contribution in [1.29, 1.82) is 0 Å². The molecule has 0 fully saturated rings. The standard InChI is InChI=1S/C4H7NS.C2H6/c1-4-2-5-6-3-4;1-2/h2,5H,3H2,1H3;1-2H3. The summed E-state index contributed by atoms with van der Waals surface area (Å²) in [5.41, 5.74) is 1.43. The summed E-state index contributed by atoms with van der Waals surface area (Å²) >= 11 is 1.74. The molecule has 1 nitrogen and oxygen atoms in total. The van der Waals surface area contributed by atoms with Gasteiger partial charge in [-0.2, -0.15) is 0 Å². The van der Waals surface area contributed by atoms with Gasteiger partial charge >= 0.3 is 0 Å². The van der Waals surface area contributed by atoms with Crippen LogP contribution in [0.5, 0.6) is 0 Å². The summed E-state index contributed by atoms with van der Waals surface area (Å²) in [5, 5.41) is 0. The maximum atomic E-state index is 3.03. The van der Waals surface area contributed by atoms with E-state index < -0.39 is 0 Å². The second kappa shape index (κ2) is 5.04. The zero-order valence-electron chi connectivity index (χ0n) is 5.69. The summed E-state index contributed by atoms with van der Waals surface area (Å²) < 4.78 is 3.03. The number of hydrogen-bond donors (Lipinski definition) is 1. The summed E-state index contributed by atoms with van der Waals surface area (Å²) in [5.74, 6) is 1.15. The van der Waals surface area contributed by atoms with Crippen LogP contribution in [0.3, 0.4) is 0 Å². The van der Waals surface area contributed by atoms with Gasteiger partial charge in [0.05, 0.1) is 0 Å². The molecule has 0 aromatic carbocycles. The molecule has 1 rings (SSSR count). The lowest BCUT2D eigenvalue weighted by Gasteiger charge is -1.79. The molecule has 2 heteroatoms. The first-order valence-corrected chi connectivity index (χ1v) is 3.91. The van der Waals surface area contributed by atoms with E-state index in [-0.39, 0.29) is 0 Å². The zero-order chi connectivity index (χ0) is 6.41. The van der Waals surface area contributed by atoms with Crippen LogP contribution < -0.4 is 4.72 Å². The van der Waals surface area contributed by atoms with Crippen LogP contribution in [0.15, 0.2) is 11.8 Å². The highest BCUT2D eigenvalue weighted by atomic mass is 32.2. The van der Waals surface area contributed by atoms with Gasteiger partial charge in [-0.1, -0.05) is 13.8 Å². The fourth-order valence-electron chi connectivity index (χ4n) is 0.339. The molecule has 0 spiro atoms. The monoisotopic (exact) mass is 131 g/mol. The minimum absolute atomic E-state index is 1.15. The normalized spacial score (nSPS) is 15.6. The first-order chi connectivity index (χ1) is 3.89. The van der Waals surface area contributed by atoms with Crippen molar-refractivity contribution in [3.63, 3.8) is 0 Å². The van der Waals surface area contributed by atoms with Crippen molar-refractivity contribution >= 4 is 11.9 Å². The van der Waals surface area contributed by atoms with Gasteiger partial charge in [0.15, 0.2) is 0 Å². The molecule has 1 aliphatic heterocycles. The second-order valence-electron chi connectivity index (χ2n) is 1.40. The van der Waals surface area contributed by atoms with E-state index in [1.54, 1.807) is 11.9 Å². The number of hydrogen-bond acceptors (Lipinski definition) is 2. The van der Waals surface area contributed by atoms with E-state index in [1.165, 1.54) is 5.57 Å².